The predicted octanol–water partition coefficient (Wildman–Crippen LogP) is 1.76. The van der Waals surface area contributed by atoms with Crippen molar-refractivity contribution < 1.29 is 8.42 Å². The smallest absolute Gasteiger partial charge is 0.148 e. The van der Waals surface area contributed by atoms with Crippen LogP contribution in [-0.4, -0.2) is 32.0 Å². The molecule has 0 radical (unpaired) electrons. The van der Waals surface area contributed by atoms with E-state index in [0.717, 1.165) is 4.90 Å². The van der Waals surface area contributed by atoms with Crippen molar-refractivity contribution in [2.45, 2.75) is 4.90 Å². The summed E-state index contributed by atoms with van der Waals surface area (Å²) in [5, 5.41) is 7.95. The van der Waals surface area contributed by atoms with Gasteiger partial charge in [0.1, 0.15) is 15.7 Å². The number of nitrogen functional groups attached to an aromatic ring is 1. The molecule has 1 aromatic rings. The Kier molecular flexibility index (Phi) is 4.85. The highest BCUT2D eigenvalue weighted by atomic mass is 35.5. The van der Waals surface area contributed by atoms with E-state index in [2.05, 4.69) is 0 Å². The number of rotatable bonds is 5. The lowest BCUT2D eigenvalue weighted by atomic mass is 10.2. The van der Waals surface area contributed by atoms with E-state index in [1.165, 1.54) is 18.0 Å². The van der Waals surface area contributed by atoms with E-state index in [4.69, 9.17) is 22.7 Å². The summed E-state index contributed by atoms with van der Waals surface area (Å²) in [7, 11) is -2.98. The SMILES string of the molecule is CS(=O)(=O)CCSc1cc(Cl)ccc1C(=N)N. The first-order chi connectivity index (χ1) is 7.79. The maximum atomic E-state index is 11.0. The summed E-state index contributed by atoms with van der Waals surface area (Å²) in [5.74, 6) is 0.449. The number of amidine groups is 1. The van der Waals surface area contributed by atoms with Crippen LogP contribution >= 0.6 is 23.4 Å². The molecular weight excluding hydrogens is 280 g/mol. The molecule has 1 aromatic carbocycles. The van der Waals surface area contributed by atoms with Crippen molar-refractivity contribution in [2.24, 2.45) is 5.73 Å². The largest absolute Gasteiger partial charge is 0.384 e. The van der Waals surface area contributed by atoms with Crippen LogP contribution in [0.2, 0.25) is 5.02 Å². The van der Waals surface area contributed by atoms with Gasteiger partial charge in [-0.3, -0.25) is 5.41 Å². The van der Waals surface area contributed by atoms with Gasteiger partial charge in [-0.15, -0.1) is 11.8 Å². The molecule has 3 N–H and O–H groups in total. The van der Waals surface area contributed by atoms with E-state index in [1.807, 2.05) is 0 Å². The molecule has 0 saturated heterocycles. The summed E-state index contributed by atoms with van der Waals surface area (Å²) >= 11 is 7.18. The molecule has 4 nitrogen and oxygen atoms in total. The van der Waals surface area contributed by atoms with Gasteiger partial charge in [0.25, 0.3) is 0 Å². The van der Waals surface area contributed by atoms with Crippen LogP contribution in [0.3, 0.4) is 0 Å². The Balaban J connectivity index is 2.82. The van der Waals surface area contributed by atoms with Gasteiger partial charge in [-0.2, -0.15) is 0 Å². The molecule has 0 atom stereocenters. The van der Waals surface area contributed by atoms with Crippen LogP contribution in [0.4, 0.5) is 0 Å². The number of hydrogen-bond acceptors (Lipinski definition) is 4. The van der Waals surface area contributed by atoms with Crippen molar-refractivity contribution in [1.82, 2.24) is 0 Å². The number of benzene rings is 1. The standard InChI is InChI=1S/C10H13ClN2O2S2/c1-17(14,15)5-4-16-9-6-7(11)2-3-8(9)10(12)13/h2-3,6H,4-5H2,1H3,(H3,12,13). The van der Waals surface area contributed by atoms with Crippen LogP contribution in [0.25, 0.3) is 0 Å². The average Bonchev–Trinajstić information content (AvgIpc) is 2.15. The van der Waals surface area contributed by atoms with Gasteiger partial charge >= 0.3 is 0 Å². The van der Waals surface area contributed by atoms with Crippen LogP contribution in [0, 0.1) is 5.41 Å². The molecule has 0 amide bonds. The second kappa shape index (κ2) is 5.75. The minimum absolute atomic E-state index is 0.0523. The summed E-state index contributed by atoms with van der Waals surface area (Å²) in [5.41, 5.74) is 6.01. The zero-order valence-corrected chi connectivity index (χ0v) is 11.6. The molecule has 0 unspecified atom stereocenters. The third-order valence-corrected chi connectivity index (χ3v) is 4.44. The molecule has 0 spiro atoms. The Bertz CT molecular complexity index is 529. The second-order valence-electron chi connectivity index (χ2n) is 3.53. The Labute approximate surface area is 110 Å². The Hall–Kier alpha value is -0.720. The van der Waals surface area contributed by atoms with Gasteiger partial charge < -0.3 is 5.73 Å². The first-order valence-electron chi connectivity index (χ1n) is 4.74. The average molecular weight is 293 g/mol. The molecule has 17 heavy (non-hydrogen) atoms. The Morgan fingerprint density at radius 1 is 1.53 bits per heavy atom. The number of nitrogens with two attached hydrogens (primary N) is 1. The molecule has 7 heteroatoms. The first kappa shape index (κ1) is 14.3. The fourth-order valence-electron chi connectivity index (χ4n) is 1.14. The lowest BCUT2D eigenvalue weighted by molar-refractivity contribution is 0.603. The van der Waals surface area contributed by atoms with E-state index in [0.29, 0.717) is 16.3 Å². The van der Waals surface area contributed by atoms with Crippen LogP contribution in [-0.2, 0) is 9.84 Å². The summed E-state index contributed by atoms with van der Waals surface area (Å²) in [4.78, 5) is 0.730. The van der Waals surface area contributed by atoms with E-state index in [-0.39, 0.29) is 11.6 Å². The highest BCUT2D eigenvalue weighted by Gasteiger charge is 2.08. The lowest BCUT2D eigenvalue weighted by Gasteiger charge is -2.07. The maximum Gasteiger partial charge on any atom is 0.148 e. The van der Waals surface area contributed by atoms with Gasteiger partial charge in [0.15, 0.2) is 0 Å². The van der Waals surface area contributed by atoms with E-state index >= 15 is 0 Å². The maximum absolute atomic E-state index is 11.0. The van der Waals surface area contributed by atoms with Gasteiger partial charge in [0.05, 0.1) is 5.75 Å². The normalized spacial score (nSPS) is 11.4. The number of thioether (sulfide) groups is 1. The topological polar surface area (TPSA) is 84.0 Å². The minimum Gasteiger partial charge on any atom is -0.384 e. The molecule has 0 fully saturated rings. The molecular formula is C10H13ClN2O2S2. The summed E-state index contributed by atoms with van der Waals surface area (Å²) in [6.45, 7) is 0. The highest BCUT2D eigenvalue weighted by Crippen LogP contribution is 2.26. The molecule has 0 bridgehead atoms. The molecule has 0 aliphatic heterocycles. The van der Waals surface area contributed by atoms with Gasteiger partial charge in [0, 0.05) is 27.5 Å². The van der Waals surface area contributed by atoms with Gasteiger partial charge in [-0.05, 0) is 18.2 Å². The third kappa shape index (κ3) is 4.97. The monoisotopic (exact) mass is 292 g/mol. The molecule has 0 aromatic heterocycles. The van der Waals surface area contributed by atoms with Crippen LogP contribution in [0.5, 0.6) is 0 Å². The number of hydrogen-bond donors (Lipinski definition) is 2. The Morgan fingerprint density at radius 3 is 2.71 bits per heavy atom. The molecule has 94 valence electrons. The van der Waals surface area contributed by atoms with Crippen molar-refractivity contribution in [3.8, 4) is 0 Å². The molecule has 0 aliphatic rings. The minimum atomic E-state index is -2.98. The quantitative estimate of drug-likeness (QED) is 0.492. The number of sulfone groups is 1. The zero-order chi connectivity index (χ0) is 13.1. The lowest BCUT2D eigenvalue weighted by Crippen LogP contribution is -2.12. The summed E-state index contributed by atoms with van der Waals surface area (Å²) in [6.07, 6.45) is 1.19. The summed E-state index contributed by atoms with van der Waals surface area (Å²) < 4.78 is 22.0. The van der Waals surface area contributed by atoms with Crippen LogP contribution in [0.1, 0.15) is 5.56 Å². The number of halogens is 1. The fraction of sp³-hybridized carbons (Fsp3) is 0.300. The third-order valence-electron chi connectivity index (χ3n) is 1.95. The summed E-state index contributed by atoms with van der Waals surface area (Å²) in [6, 6.07) is 5.00. The van der Waals surface area contributed by atoms with Crippen LogP contribution < -0.4 is 5.73 Å². The molecule has 0 heterocycles. The Morgan fingerprint density at radius 2 is 2.18 bits per heavy atom. The molecule has 1 rings (SSSR count). The fourth-order valence-corrected chi connectivity index (χ4v) is 3.69. The molecule has 0 aliphatic carbocycles. The van der Waals surface area contributed by atoms with Crippen molar-refractivity contribution in [1.29, 1.82) is 5.41 Å². The van der Waals surface area contributed by atoms with E-state index < -0.39 is 9.84 Å². The van der Waals surface area contributed by atoms with Crippen molar-refractivity contribution >= 4 is 39.0 Å². The first-order valence-corrected chi connectivity index (χ1v) is 8.16. The van der Waals surface area contributed by atoms with Gasteiger partial charge in [-0.25, -0.2) is 8.42 Å². The van der Waals surface area contributed by atoms with Gasteiger partial charge in [0.2, 0.25) is 0 Å². The van der Waals surface area contributed by atoms with E-state index in [9.17, 15) is 8.42 Å². The second-order valence-corrected chi connectivity index (χ2v) is 7.37. The highest BCUT2D eigenvalue weighted by molar-refractivity contribution is 8.00. The van der Waals surface area contributed by atoms with E-state index in [1.54, 1.807) is 18.2 Å². The predicted molar refractivity (Wildman–Crippen MR) is 72.9 cm³/mol. The molecule has 0 saturated carbocycles. The van der Waals surface area contributed by atoms with Crippen molar-refractivity contribution in [2.75, 3.05) is 17.8 Å². The van der Waals surface area contributed by atoms with Crippen LogP contribution in [0.15, 0.2) is 23.1 Å². The van der Waals surface area contributed by atoms with Crippen molar-refractivity contribution in [3.05, 3.63) is 28.8 Å². The number of nitrogens with one attached hydrogen (secondary N) is 1. The van der Waals surface area contributed by atoms with Gasteiger partial charge in [-0.1, -0.05) is 11.6 Å². The zero-order valence-electron chi connectivity index (χ0n) is 9.23. The van der Waals surface area contributed by atoms with Crippen molar-refractivity contribution in [3.63, 3.8) is 0 Å².